The van der Waals surface area contributed by atoms with Gasteiger partial charge in [-0.3, -0.25) is 9.40 Å². The van der Waals surface area contributed by atoms with Gasteiger partial charge in [-0.25, -0.2) is 18.1 Å². The molecule has 0 aliphatic heterocycles. The monoisotopic (exact) mass is 368 g/mol. The van der Waals surface area contributed by atoms with E-state index >= 15 is 0 Å². The van der Waals surface area contributed by atoms with Crippen LogP contribution in [0.4, 0.5) is 5.69 Å². The van der Waals surface area contributed by atoms with Crippen LogP contribution in [0.25, 0.3) is 16.7 Å². The molecule has 1 N–H and O–H groups in total. The molecule has 0 bridgehead atoms. The molecular weight excluding hydrogens is 352 g/mol. The first-order valence-corrected chi connectivity index (χ1v) is 9.35. The van der Waals surface area contributed by atoms with Crippen LogP contribution >= 0.6 is 0 Å². The Kier molecular flexibility index (Phi) is 3.73. The first-order chi connectivity index (χ1) is 12.4. The average molecular weight is 368 g/mol. The number of para-hydroxylation sites is 1. The molecule has 26 heavy (non-hydrogen) atoms. The zero-order valence-electron chi connectivity index (χ0n) is 14.2. The van der Waals surface area contributed by atoms with Crippen molar-refractivity contribution < 1.29 is 8.42 Å². The quantitative estimate of drug-likeness (QED) is 0.596. The number of pyridine rings is 1. The third-order valence-corrected chi connectivity index (χ3v) is 5.34. The number of fused-ring (bicyclic) bond motifs is 1. The van der Waals surface area contributed by atoms with Crippen molar-refractivity contribution in [1.82, 2.24) is 24.5 Å². The summed E-state index contributed by atoms with van der Waals surface area (Å²) in [6.45, 7) is 1.87. The van der Waals surface area contributed by atoms with E-state index in [-0.39, 0.29) is 4.90 Å². The molecule has 3 aromatic heterocycles. The number of aromatic nitrogens is 5. The van der Waals surface area contributed by atoms with E-state index < -0.39 is 10.0 Å². The van der Waals surface area contributed by atoms with Crippen molar-refractivity contribution in [3.63, 3.8) is 0 Å². The molecule has 0 fully saturated rings. The molecule has 0 aliphatic carbocycles. The third kappa shape index (κ3) is 2.82. The molecular formula is C17H16N6O2S. The molecule has 4 aromatic rings. The number of benzene rings is 1. The number of hydrogen-bond acceptors (Lipinski definition) is 5. The fourth-order valence-electron chi connectivity index (χ4n) is 2.73. The standard InChI is InChI=1S/C17H16N6O2S/c1-12-8-9-23(20-12)16-7-6-14(11-18-16)26(24,25)21-15-5-3-4-13-10-19-22(2)17(13)15/h3-11,21H,1-2H3. The second-order valence-corrected chi connectivity index (χ2v) is 7.55. The van der Waals surface area contributed by atoms with E-state index in [1.807, 2.05) is 19.1 Å². The van der Waals surface area contributed by atoms with Crippen molar-refractivity contribution in [3.05, 3.63) is 60.7 Å². The molecule has 0 spiro atoms. The minimum Gasteiger partial charge on any atom is -0.277 e. The minimum absolute atomic E-state index is 0.0734. The third-order valence-electron chi connectivity index (χ3n) is 3.99. The summed E-state index contributed by atoms with van der Waals surface area (Å²) in [5, 5.41) is 9.28. The molecule has 0 atom stereocenters. The second-order valence-electron chi connectivity index (χ2n) is 5.87. The van der Waals surface area contributed by atoms with Crippen LogP contribution in [0, 0.1) is 6.92 Å². The maximum absolute atomic E-state index is 12.7. The van der Waals surface area contributed by atoms with Gasteiger partial charge < -0.3 is 0 Å². The lowest BCUT2D eigenvalue weighted by Gasteiger charge is -2.10. The Morgan fingerprint density at radius 2 is 1.92 bits per heavy atom. The molecule has 9 heteroatoms. The van der Waals surface area contributed by atoms with E-state index in [0.29, 0.717) is 17.0 Å². The predicted molar refractivity (Wildman–Crippen MR) is 97.6 cm³/mol. The fraction of sp³-hybridized carbons (Fsp3) is 0.118. The van der Waals surface area contributed by atoms with Crippen LogP contribution in [0.15, 0.2) is 59.9 Å². The number of rotatable bonds is 4. The highest BCUT2D eigenvalue weighted by atomic mass is 32.2. The van der Waals surface area contributed by atoms with E-state index in [9.17, 15) is 8.42 Å². The Hall–Kier alpha value is -3.20. The van der Waals surface area contributed by atoms with E-state index in [0.717, 1.165) is 11.1 Å². The molecule has 0 unspecified atom stereocenters. The van der Waals surface area contributed by atoms with Gasteiger partial charge in [-0.2, -0.15) is 10.2 Å². The van der Waals surface area contributed by atoms with Gasteiger partial charge in [0, 0.05) is 24.8 Å². The summed E-state index contributed by atoms with van der Waals surface area (Å²) >= 11 is 0. The Morgan fingerprint density at radius 3 is 2.62 bits per heavy atom. The summed E-state index contributed by atoms with van der Waals surface area (Å²) in [4.78, 5) is 4.28. The number of sulfonamides is 1. The maximum Gasteiger partial charge on any atom is 0.263 e. The molecule has 0 amide bonds. The largest absolute Gasteiger partial charge is 0.277 e. The number of anilines is 1. The van der Waals surface area contributed by atoms with Gasteiger partial charge in [-0.1, -0.05) is 12.1 Å². The van der Waals surface area contributed by atoms with E-state index in [1.165, 1.54) is 12.3 Å². The van der Waals surface area contributed by atoms with Crippen molar-refractivity contribution in [2.24, 2.45) is 7.05 Å². The summed E-state index contributed by atoms with van der Waals surface area (Å²) in [5.74, 6) is 0.547. The summed E-state index contributed by atoms with van der Waals surface area (Å²) in [6, 6.07) is 10.3. The van der Waals surface area contributed by atoms with Crippen LogP contribution in [-0.4, -0.2) is 33.0 Å². The van der Waals surface area contributed by atoms with Crippen LogP contribution in [0.5, 0.6) is 0 Å². The Bertz CT molecular complexity index is 1190. The van der Waals surface area contributed by atoms with Crippen LogP contribution < -0.4 is 4.72 Å². The number of aryl methyl sites for hydroxylation is 2. The van der Waals surface area contributed by atoms with Gasteiger partial charge >= 0.3 is 0 Å². The highest BCUT2D eigenvalue weighted by Gasteiger charge is 2.17. The highest BCUT2D eigenvalue weighted by Crippen LogP contribution is 2.25. The number of nitrogens with zero attached hydrogens (tertiary/aromatic N) is 5. The number of nitrogens with one attached hydrogen (secondary N) is 1. The first-order valence-electron chi connectivity index (χ1n) is 7.86. The van der Waals surface area contributed by atoms with Crippen molar-refractivity contribution >= 4 is 26.6 Å². The highest BCUT2D eigenvalue weighted by molar-refractivity contribution is 7.92. The SMILES string of the molecule is Cc1ccn(-c2ccc(S(=O)(=O)Nc3cccc4cnn(C)c34)cn2)n1. The second kappa shape index (κ2) is 5.95. The molecule has 0 saturated carbocycles. The van der Waals surface area contributed by atoms with Crippen molar-refractivity contribution in [1.29, 1.82) is 0 Å². The van der Waals surface area contributed by atoms with Gasteiger partial charge in [0.2, 0.25) is 0 Å². The van der Waals surface area contributed by atoms with Gasteiger partial charge in [0.1, 0.15) is 4.90 Å². The minimum atomic E-state index is -3.78. The molecule has 1 aromatic carbocycles. The zero-order chi connectivity index (χ0) is 18.3. The smallest absolute Gasteiger partial charge is 0.263 e. The average Bonchev–Trinajstić information content (AvgIpc) is 3.22. The molecule has 8 nitrogen and oxygen atoms in total. The van der Waals surface area contributed by atoms with Gasteiger partial charge in [-0.15, -0.1) is 0 Å². The summed E-state index contributed by atoms with van der Waals surface area (Å²) in [6.07, 6.45) is 4.78. The Morgan fingerprint density at radius 1 is 1.08 bits per heavy atom. The Labute approximate surface area is 150 Å². The zero-order valence-corrected chi connectivity index (χ0v) is 15.0. The van der Waals surface area contributed by atoms with Gasteiger partial charge in [0.05, 0.1) is 23.1 Å². The van der Waals surface area contributed by atoms with E-state index in [4.69, 9.17) is 0 Å². The summed E-state index contributed by atoms with van der Waals surface area (Å²) in [5.41, 5.74) is 2.04. The van der Waals surface area contributed by atoms with Gasteiger partial charge in [0.15, 0.2) is 5.82 Å². The fourth-order valence-corrected chi connectivity index (χ4v) is 3.74. The molecule has 0 saturated heterocycles. The molecule has 4 rings (SSSR count). The van der Waals surface area contributed by atoms with E-state index in [2.05, 4.69) is 19.9 Å². The molecule has 0 aliphatic rings. The molecule has 0 radical (unpaired) electrons. The van der Waals surface area contributed by atoms with Crippen molar-refractivity contribution in [3.8, 4) is 5.82 Å². The van der Waals surface area contributed by atoms with Crippen molar-refractivity contribution in [2.45, 2.75) is 11.8 Å². The summed E-state index contributed by atoms with van der Waals surface area (Å²) in [7, 11) is -2.01. The lowest BCUT2D eigenvalue weighted by atomic mass is 10.2. The molecule has 3 heterocycles. The van der Waals surface area contributed by atoms with Crippen LogP contribution in [0.1, 0.15) is 5.69 Å². The Balaban J connectivity index is 1.67. The number of hydrogen-bond donors (Lipinski definition) is 1. The van der Waals surface area contributed by atoms with Crippen LogP contribution in [0.3, 0.4) is 0 Å². The topological polar surface area (TPSA) is 94.7 Å². The summed E-state index contributed by atoms with van der Waals surface area (Å²) < 4.78 is 31.3. The molecule has 132 valence electrons. The van der Waals surface area contributed by atoms with Gasteiger partial charge in [-0.05, 0) is 31.2 Å². The van der Waals surface area contributed by atoms with E-state index in [1.54, 1.807) is 47.0 Å². The first kappa shape index (κ1) is 16.3. The lowest BCUT2D eigenvalue weighted by molar-refractivity contribution is 0.600. The normalized spacial score (nSPS) is 11.8. The van der Waals surface area contributed by atoms with Gasteiger partial charge in [0.25, 0.3) is 10.0 Å². The van der Waals surface area contributed by atoms with Crippen LogP contribution in [0.2, 0.25) is 0 Å². The predicted octanol–water partition coefficient (Wildman–Crippen LogP) is 2.26. The van der Waals surface area contributed by atoms with Crippen molar-refractivity contribution in [2.75, 3.05) is 4.72 Å². The maximum atomic E-state index is 12.7. The van der Waals surface area contributed by atoms with Crippen LogP contribution in [-0.2, 0) is 17.1 Å². The lowest BCUT2D eigenvalue weighted by Crippen LogP contribution is -2.14.